The number of benzene rings is 4. The molecule has 4 rings (SSSR count). The van der Waals surface area contributed by atoms with Crippen LogP contribution in [0, 0.1) is 0 Å². The Balaban J connectivity index is 2.07. The van der Waals surface area contributed by atoms with Crippen LogP contribution in [0.1, 0.15) is 11.3 Å². The molecule has 0 aliphatic rings. The molecule has 132 valence electrons. The van der Waals surface area contributed by atoms with E-state index in [0.29, 0.717) is 0 Å². The minimum absolute atomic E-state index is 0.592. The van der Waals surface area contributed by atoms with Gasteiger partial charge in [-0.15, -0.1) is 0 Å². The Bertz CT molecular complexity index is 873. The van der Waals surface area contributed by atoms with Gasteiger partial charge in [-0.25, -0.2) is 0 Å². The highest BCUT2D eigenvalue weighted by atomic mass is 28.3. The Morgan fingerprint density at radius 1 is 0.444 bits per heavy atom. The van der Waals surface area contributed by atoms with Crippen molar-refractivity contribution in [1.29, 1.82) is 0 Å². The van der Waals surface area contributed by atoms with E-state index >= 15 is 0 Å². The molecular formula is C25H22OSi. The summed E-state index contributed by atoms with van der Waals surface area (Å²) in [6.07, 6.45) is 0. The van der Waals surface area contributed by atoms with Crippen LogP contribution in [0.4, 0.5) is 0 Å². The van der Waals surface area contributed by atoms with Crippen molar-refractivity contribution in [2.24, 2.45) is 0 Å². The van der Waals surface area contributed by atoms with E-state index in [1.54, 1.807) is 0 Å². The van der Waals surface area contributed by atoms with Gasteiger partial charge in [0, 0.05) is 0 Å². The zero-order chi connectivity index (χ0) is 18.5. The van der Waals surface area contributed by atoms with Gasteiger partial charge in [0.25, 0.3) is 0 Å². The van der Waals surface area contributed by atoms with Crippen LogP contribution in [0.5, 0.6) is 0 Å². The summed E-state index contributed by atoms with van der Waals surface area (Å²) in [4.78, 5) is 0. The largest absolute Gasteiger partial charge is 0.391 e. The van der Waals surface area contributed by atoms with Crippen molar-refractivity contribution in [3.05, 3.63) is 127 Å². The molecule has 1 nitrogen and oxygen atoms in total. The third-order valence-electron chi connectivity index (χ3n) is 5.21. The van der Waals surface area contributed by atoms with Crippen molar-refractivity contribution in [3.63, 3.8) is 0 Å². The summed E-state index contributed by atoms with van der Waals surface area (Å²) in [5.41, 5.74) is 0.367. The molecule has 0 amide bonds. The summed E-state index contributed by atoms with van der Waals surface area (Å²) in [5.74, 6) is 0. The maximum Gasteiger partial charge on any atom is 0.184 e. The minimum atomic E-state index is -2.71. The van der Waals surface area contributed by atoms with Gasteiger partial charge in [-0.3, -0.25) is 0 Å². The van der Waals surface area contributed by atoms with E-state index in [1.807, 2.05) is 48.5 Å². The van der Waals surface area contributed by atoms with Crippen LogP contribution < -0.4 is 15.6 Å². The van der Waals surface area contributed by atoms with Crippen LogP contribution in [0.25, 0.3) is 0 Å². The lowest BCUT2D eigenvalue weighted by atomic mass is 10.2. The zero-order valence-corrected chi connectivity index (χ0v) is 16.1. The van der Waals surface area contributed by atoms with Crippen LogP contribution >= 0.6 is 0 Å². The molecule has 2 heteroatoms. The van der Waals surface area contributed by atoms with Crippen molar-refractivity contribution in [2.45, 2.75) is 5.73 Å². The number of hydrogen-bond acceptors (Lipinski definition) is 1. The summed E-state index contributed by atoms with van der Waals surface area (Å²) >= 11 is 0. The van der Waals surface area contributed by atoms with Gasteiger partial charge in [0.1, 0.15) is 0 Å². The standard InChI is InChI=1S/C25H22OSi/c26-25(21-13-5-1-6-14-21)27(22-15-7-2-8-16-22,23-17-9-3-10-18-23)24-19-11-4-12-20-24/h1-20,25-26H/t25-/m1/s1. The lowest BCUT2D eigenvalue weighted by molar-refractivity contribution is 0.254. The summed E-state index contributed by atoms with van der Waals surface area (Å²) < 4.78 is 0. The molecule has 0 bridgehead atoms. The van der Waals surface area contributed by atoms with Crippen LogP contribution in [-0.2, 0) is 0 Å². The van der Waals surface area contributed by atoms with Crippen molar-refractivity contribution < 1.29 is 5.11 Å². The zero-order valence-electron chi connectivity index (χ0n) is 15.1. The van der Waals surface area contributed by atoms with Gasteiger partial charge >= 0.3 is 0 Å². The van der Waals surface area contributed by atoms with Gasteiger partial charge in [0.05, 0.1) is 5.73 Å². The Kier molecular flexibility index (Phi) is 5.01. The van der Waals surface area contributed by atoms with Gasteiger partial charge < -0.3 is 5.11 Å². The third-order valence-corrected chi connectivity index (χ3v) is 10.1. The molecule has 0 saturated carbocycles. The van der Waals surface area contributed by atoms with E-state index in [4.69, 9.17) is 0 Å². The van der Waals surface area contributed by atoms with Crippen LogP contribution in [0.15, 0.2) is 121 Å². The quantitative estimate of drug-likeness (QED) is 0.424. The van der Waals surface area contributed by atoms with Gasteiger partial charge in [-0.2, -0.15) is 0 Å². The average molecular weight is 367 g/mol. The molecule has 0 fully saturated rings. The molecule has 4 aromatic carbocycles. The molecule has 0 unspecified atom stereocenters. The molecule has 1 atom stereocenters. The van der Waals surface area contributed by atoms with E-state index in [9.17, 15) is 5.11 Å². The van der Waals surface area contributed by atoms with Crippen LogP contribution in [0.3, 0.4) is 0 Å². The first-order chi connectivity index (χ1) is 13.3. The van der Waals surface area contributed by atoms with Gasteiger partial charge in [-0.05, 0) is 21.1 Å². The highest BCUT2D eigenvalue weighted by Gasteiger charge is 2.46. The summed E-state index contributed by atoms with van der Waals surface area (Å²) in [6, 6.07) is 41.6. The lowest BCUT2D eigenvalue weighted by Gasteiger charge is -2.38. The Morgan fingerprint density at radius 2 is 0.741 bits per heavy atom. The first-order valence-corrected chi connectivity index (χ1v) is 11.3. The fraction of sp³-hybridized carbons (Fsp3) is 0.0400. The lowest BCUT2D eigenvalue weighted by Crippen LogP contribution is -2.71. The normalized spacial score (nSPS) is 12.5. The van der Waals surface area contributed by atoms with E-state index in [1.165, 1.54) is 15.6 Å². The number of rotatable bonds is 5. The van der Waals surface area contributed by atoms with E-state index < -0.39 is 13.8 Å². The fourth-order valence-electron chi connectivity index (χ4n) is 3.96. The maximum atomic E-state index is 11.9. The van der Waals surface area contributed by atoms with Crippen molar-refractivity contribution >= 4 is 23.6 Å². The summed E-state index contributed by atoms with van der Waals surface area (Å²) in [5, 5.41) is 15.5. The van der Waals surface area contributed by atoms with Gasteiger partial charge in [0.15, 0.2) is 8.07 Å². The van der Waals surface area contributed by atoms with Crippen molar-refractivity contribution in [3.8, 4) is 0 Å². The first kappa shape index (κ1) is 17.5. The number of hydrogen-bond donors (Lipinski definition) is 1. The molecule has 27 heavy (non-hydrogen) atoms. The Morgan fingerprint density at radius 3 is 1.07 bits per heavy atom. The van der Waals surface area contributed by atoms with Gasteiger partial charge in [-0.1, -0.05) is 121 Å². The minimum Gasteiger partial charge on any atom is -0.391 e. The Labute approximate surface area is 161 Å². The molecule has 0 aliphatic carbocycles. The maximum absolute atomic E-state index is 11.9. The van der Waals surface area contributed by atoms with Crippen molar-refractivity contribution in [1.82, 2.24) is 0 Å². The molecular weight excluding hydrogens is 344 g/mol. The second kappa shape index (κ2) is 7.75. The first-order valence-electron chi connectivity index (χ1n) is 9.23. The number of aliphatic hydroxyl groups excluding tert-OH is 1. The molecule has 4 aromatic rings. The predicted octanol–water partition coefficient (Wildman–Crippen LogP) is 3.43. The van der Waals surface area contributed by atoms with E-state index in [0.717, 1.165) is 5.56 Å². The predicted molar refractivity (Wildman–Crippen MR) is 115 cm³/mol. The highest BCUT2D eigenvalue weighted by molar-refractivity contribution is 7.12. The monoisotopic (exact) mass is 366 g/mol. The smallest absolute Gasteiger partial charge is 0.184 e. The molecule has 1 N–H and O–H groups in total. The Hall–Kier alpha value is -2.94. The summed E-state index contributed by atoms with van der Waals surface area (Å²) in [7, 11) is -2.71. The molecule has 0 aromatic heterocycles. The average Bonchev–Trinajstić information content (AvgIpc) is 2.77. The molecule has 0 radical (unpaired) electrons. The van der Waals surface area contributed by atoms with Crippen molar-refractivity contribution in [2.75, 3.05) is 0 Å². The summed E-state index contributed by atoms with van der Waals surface area (Å²) in [6.45, 7) is 0. The molecule has 0 saturated heterocycles. The molecule has 0 spiro atoms. The molecule has 0 heterocycles. The molecule has 0 aliphatic heterocycles. The SMILES string of the molecule is O[C@@H](c1ccccc1)[Si](c1ccccc1)(c1ccccc1)c1ccccc1. The van der Waals surface area contributed by atoms with Crippen LogP contribution in [0.2, 0.25) is 0 Å². The third kappa shape index (κ3) is 3.14. The van der Waals surface area contributed by atoms with Crippen LogP contribution in [-0.4, -0.2) is 13.2 Å². The second-order valence-corrected chi connectivity index (χ2v) is 10.6. The topological polar surface area (TPSA) is 20.2 Å². The van der Waals surface area contributed by atoms with E-state index in [-0.39, 0.29) is 0 Å². The van der Waals surface area contributed by atoms with E-state index in [2.05, 4.69) is 72.8 Å². The highest BCUT2D eigenvalue weighted by Crippen LogP contribution is 2.25. The second-order valence-electron chi connectivity index (χ2n) is 6.72. The fourth-order valence-corrected chi connectivity index (χ4v) is 8.76. The van der Waals surface area contributed by atoms with Gasteiger partial charge in [0.2, 0.25) is 0 Å². The number of aliphatic hydroxyl groups is 1.